The number of aryl methyl sites for hydroxylation is 3. The molecule has 0 radical (unpaired) electrons. The highest BCUT2D eigenvalue weighted by atomic mass is 31.2. The van der Waals surface area contributed by atoms with E-state index < -0.39 is 13.2 Å². The van der Waals surface area contributed by atoms with E-state index in [0.717, 1.165) is 59.2 Å². The summed E-state index contributed by atoms with van der Waals surface area (Å²) in [6.07, 6.45) is 6.99. The van der Waals surface area contributed by atoms with Crippen molar-refractivity contribution in [2.75, 3.05) is 51.1 Å². The van der Waals surface area contributed by atoms with Crippen LogP contribution in [0.4, 0.5) is 10.1 Å². The van der Waals surface area contributed by atoms with Gasteiger partial charge >= 0.3 is 5.69 Å². The highest BCUT2D eigenvalue weighted by Gasteiger charge is 2.37. The van der Waals surface area contributed by atoms with Crippen LogP contribution in [-0.4, -0.2) is 80.5 Å². The molecule has 0 spiro atoms. The maximum atomic E-state index is 15.0. The van der Waals surface area contributed by atoms with Crippen LogP contribution in [0.15, 0.2) is 71.8 Å². The van der Waals surface area contributed by atoms with E-state index in [-0.39, 0.29) is 17.4 Å². The summed E-state index contributed by atoms with van der Waals surface area (Å²) in [6.45, 7) is 11.3. The Morgan fingerprint density at radius 1 is 0.948 bits per heavy atom. The van der Waals surface area contributed by atoms with Gasteiger partial charge in [0.2, 0.25) is 0 Å². The van der Waals surface area contributed by atoms with Crippen LogP contribution in [0, 0.1) is 19.7 Å². The number of rotatable bonds is 9. The Bertz CT molecular complexity index is 2650. The highest BCUT2D eigenvalue weighted by Crippen LogP contribution is 2.46. The minimum absolute atomic E-state index is 0.102. The molecule has 0 aliphatic carbocycles. The van der Waals surface area contributed by atoms with E-state index in [1.807, 2.05) is 80.5 Å². The summed E-state index contributed by atoms with van der Waals surface area (Å²) >= 11 is 0. The molecule has 1 saturated heterocycles. The van der Waals surface area contributed by atoms with Crippen LogP contribution in [-0.2, 0) is 22.8 Å². The molecule has 5 heterocycles. The first-order valence-corrected chi connectivity index (χ1v) is 22.4. The van der Waals surface area contributed by atoms with Crippen molar-refractivity contribution in [1.29, 1.82) is 0 Å². The number of carbonyl (C=O) groups excluding carboxylic acids is 1. The van der Waals surface area contributed by atoms with Crippen molar-refractivity contribution in [3.05, 3.63) is 117 Å². The molecule has 13 heteroatoms. The predicted molar refractivity (Wildman–Crippen MR) is 229 cm³/mol. The minimum Gasteiger partial charge on any atom is -0.381 e. The van der Waals surface area contributed by atoms with E-state index in [2.05, 4.69) is 18.2 Å². The van der Waals surface area contributed by atoms with Gasteiger partial charge in [-0.25, -0.2) is 13.9 Å². The predicted octanol–water partition coefficient (Wildman–Crippen LogP) is 7.81. The Hall–Kier alpha value is -5.19. The monoisotopic (exact) mass is 805 g/mol. The molecule has 3 aromatic heterocycles. The summed E-state index contributed by atoms with van der Waals surface area (Å²) in [5.74, 6) is 0.545. The van der Waals surface area contributed by atoms with E-state index in [4.69, 9.17) is 9.84 Å². The second-order valence-corrected chi connectivity index (χ2v) is 19.6. The van der Waals surface area contributed by atoms with Gasteiger partial charge in [-0.05, 0) is 105 Å². The van der Waals surface area contributed by atoms with Crippen LogP contribution in [0.1, 0.15) is 84.0 Å². The van der Waals surface area contributed by atoms with Crippen molar-refractivity contribution in [2.24, 2.45) is 7.05 Å². The molecule has 0 unspecified atom stereocenters. The Morgan fingerprint density at radius 3 is 2.31 bits per heavy atom. The molecule has 0 N–H and O–H groups in total. The average molecular weight is 806 g/mol. The number of ether oxygens (including phenoxy) is 1. The molecule has 58 heavy (non-hydrogen) atoms. The highest BCUT2D eigenvalue weighted by molar-refractivity contribution is 7.71. The number of carbonyl (C=O) groups is 1. The fourth-order valence-electron chi connectivity index (χ4n) is 9.06. The second-order valence-electron chi connectivity index (χ2n) is 16.1. The Morgan fingerprint density at radius 2 is 1.64 bits per heavy atom. The first kappa shape index (κ1) is 39.6. The Labute approximate surface area is 339 Å². The first-order valence-electron chi connectivity index (χ1n) is 20.3. The number of hydrogen-bond donors (Lipinski definition) is 0. The quantitative estimate of drug-likeness (QED) is 0.138. The molecule has 1 amide bonds. The summed E-state index contributed by atoms with van der Waals surface area (Å²) in [4.78, 5) is 33.2. The standard InChI is InChI=1S/C45H53FN7O4P/c1-9-58(56,10-2)40-14-12-34(27-38(40)48(6)7)51-19-20-52(45(51)55)43-41-30(5)50(18-15-36(41)47-53(43)35-23-28(3)42(46)29(4)24-35)44(54)39-26-33-25-32(11-13-37(33)49(39)8)31-16-21-57-22-17-31/h11-14,19-20,23-27,30-31H,9-10,15-18,21-22H2,1-8H3/t30-/m0/s1. The smallest absolute Gasteiger partial charge is 0.338 e. The molecule has 0 saturated carbocycles. The number of amides is 1. The summed E-state index contributed by atoms with van der Waals surface area (Å²) in [6, 6.07) is 17.2. The van der Waals surface area contributed by atoms with Gasteiger partial charge in [-0.2, -0.15) is 5.10 Å². The molecule has 0 bridgehead atoms. The summed E-state index contributed by atoms with van der Waals surface area (Å²) in [5, 5.41) is 6.92. The number of hydrogen-bond acceptors (Lipinski definition) is 6. The largest absolute Gasteiger partial charge is 0.381 e. The maximum absolute atomic E-state index is 15.0. The van der Waals surface area contributed by atoms with E-state index in [1.165, 1.54) is 5.56 Å². The topological polar surface area (TPSA) is 99.5 Å². The van der Waals surface area contributed by atoms with Gasteiger partial charge in [0, 0.05) is 99.5 Å². The number of imidazole rings is 1. The molecular formula is C45H53FN7O4P. The first-order chi connectivity index (χ1) is 27.8. The molecule has 6 aromatic rings. The van der Waals surface area contributed by atoms with E-state index >= 15 is 0 Å². The molecule has 2 aliphatic heterocycles. The van der Waals surface area contributed by atoms with Gasteiger partial charge in [0.05, 0.1) is 23.1 Å². The third-order valence-electron chi connectivity index (χ3n) is 12.5. The van der Waals surface area contributed by atoms with Gasteiger partial charge in [-0.1, -0.05) is 19.9 Å². The molecule has 11 nitrogen and oxygen atoms in total. The number of halogens is 1. The minimum atomic E-state index is -2.62. The van der Waals surface area contributed by atoms with Gasteiger partial charge in [0.15, 0.2) is 0 Å². The number of anilines is 1. The van der Waals surface area contributed by atoms with E-state index in [0.29, 0.717) is 65.2 Å². The Kier molecular flexibility index (Phi) is 10.4. The lowest BCUT2D eigenvalue weighted by Gasteiger charge is -2.33. The van der Waals surface area contributed by atoms with E-state index in [9.17, 15) is 18.5 Å². The van der Waals surface area contributed by atoms with Crippen molar-refractivity contribution >= 4 is 34.9 Å². The van der Waals surface area contributed by atoms with Gasteiger partial charge in [0.1, 0.15) is 24.5 Å². The van der Waals surface area contributed by atoms with Crippen LogP contribution in [0.3, 0.4) is 0 Å². The van der Waals surface area contributed by atoms with Gasteiger partial charge < -0.3 is 23.7 Å². The molecule has 3 aromatic carbocycles. The number of nitrogens with zero attached hydrogens (tertiary/aromatic N) is 7. The van der Waals surface area contributed by atoms with Crippen molar-refractivity contribution in [1.82, 2.24) is 28.4 Å². The third-order valence-corrected chi connectivity index (χ3v) is 15.8. The zero-order valence-corrected chi connectivity index (χ0v) is 35.6. The SMILES string of the molecule is CCP(=O)(CC)c1ccc(-n2ccn(-c3c4c(nn3-c3cc(C)c(F)c(C)c3)CCN(C(=O)c3cc5cc(C6CCOCC6)ccc5n3C)[C@H]4C)c2=O)cc1N(C)C. The van der Waals surface area contributed by atoms with Crippen LogP contribution in [0.5, 0.6) is 0 Å². The van der Waals surface area contributed by atoms with Crippen LogP contribution < -0.4 is 15.9 Å². The van der Waals surface area contributed by atoms with Gasteiger partial charge in [-0.3, -0.25) is 13.9 Å². The maximum Gasteiger partial charge on any atom is 0.338 e. The average Bonchev–Trinajstić information content (AvgIpc) is 3.91. The molecular weight excluding hydrogens is 753 g/mol. The number of aromatic nitrogens is 5. The van der Waals surface area contributed by atoms with Crippen molar-refractivity contribution in [3.63, 3.8) is 0 Å². The number of benzene rings is 3. The molecule has 304 valence electrons. The fourth-order valence-corrected chi connectivity index (χ4v) is 11.2. The lowest BCUT2D eigenvalue weighted by molar-refractivity contribution is 0.0667. The van der Waals surface area contributed by atoms with Crippen molar-refractivity contribution in [3.8, 4) is 17.2 Å². The lowest BCUT2D eigenvalue weighted by Crippen LogP contribution is -2.40. The fraction of sp³-hybridized carbons (Fsp3) is 0.400. The second kappa shape index (κ2) is 15.2. The third kappa shape index (κ3) is 6.54. The normalized spacial score (nSPS) is 16.3. The Balaban J connectivity index is 1.23. The van der Waals surface area contributed by atoms with Gasteiger partial charge in [0.25, 0.3) is 5.91 Å². The zero-order valence-electron chi connectivity index (χ0n) is 34.8. The van der Waals surface area contributed by atoms with Crippen molar-refractivity contribution < 1.29 is 18.5 Å². The lowest BCUT2D eigenvalue weighted by atomic mass is 9.91. The number of fused-ring (bicyclic) bond motifs is 2. The molecule has 8 rings (SSSR count). The summed E-state index contributed by atoms with van der Waals surface area (Å²) in [5.41, 5.74) is 7.04. The molecule has 1 fully saturated rings. The van der Waals surface area contributed by atoms with Crippen LogP contribution in [0.2, 0.25) is 0 Å². The summed E-state index contributed by atoms with van der Waals surface area (Å²) in [7, 11) is 3.15. The molecule has 1 atom stereocenters. The van der Waals surface area contributed by atoms with Crippen molar-refractivity contribution in [2.45, 2.75) is 65.8 Å². The van der Waals surface area contributed by atoms with Gasteiger partial charge in [-0.15, -0.1) is 0 Å². The van der Waals surface area contributed by atoms with Crippen LogP contribution >= 0.6 is 7.14 Å². The van der Waals surface area contributed by atoms with E-state index in [1.54, 1.807) is 52.2 Å². The summed E-state index contributed by atoms with van der Waals surface area (Å²) < 4.78 is 41.3. The zero-order chi connectivity index (χ0) is 41.2. The van der Waals surface area contributed by atoms with Crippen LogP contribution in [0.25, 0.3) is 28.1 Å². The molecule has 2 aliphatic rings.